The van der Waals surface area contributed by atoms with Crippen LogP contribution >= 0.6 is 11.8 Å². The smallest absolute Gasteiger partial charge is 0.234 e. The molecule has 0 radical (unpaired) electrons. The van der Waals surface area contributed by atoms with Gasteiger partial charge in [0.2, 0.25) is 5.91 Å². The van der Waals surface area contributed by atoms with E-state index in [2.05, 4.69) is 25.6 Å². The first-order valence-electron chi connectivity index (χ1n) is 8.73. The molecule has 4 aromatic rings. The van der Waals surface area contributed by atoms with E-state index in [9.17, 15) is 4.79 Å². The van der Waals surface area contributed by atoms with Crippen LogP contribution in [0.1, 0.15) is 11.1 Å². The van der Waals surface area contributed by atoms with Gasteiger partial charge >= 0.3 is 0 Å². The summed E-state index contributed by atoms with van der Waals surface area (Å²) in [7, 11) is 0. The number of aryl methyl sites for hydroxylation is 1. The second kappa shape index (κ2) is 7.77. The number of fused-ring (bicyclic) bond motifs is 1. The molecule has 0 saturated carbocycles. The van der Waals surface area contributed by atoms with E-state index in [1.807, 2.05) is 56.3 Å². The fraction of sp³-hybridized carbons (Fsp3) is 0.150. The van der Waals surface area contributed by atoms with Crippen LogP contribution in [0.4, 0.5) is 5.69 Å². The van der Waals surface area contributed by atoms with E-state index in [0.29, 0.717) is 16.5 Å². The summed E-state index contributed by atoms with van der Waals surface area (Å²) in [6.45, 7) is 4.03. The van der Waals surface area contributed by atoms with E-state index < -0.39 is 0 Å². The van der Waals surface area contributed by atoms with Crippen molar-refractivity contribution in [3.8, 4) is 11.4 Å². The molecule has 3 heterocycles. The average molecular weight is 390 g/mol. The molecule has 0 bridgehead atoms. The lowest BCUT2D eigenvalue weighted by atomic mass is 10.1. The van der Waals surface area contributed by atoms with Crippen LogP contribution in [0.5, 0.6) is 0 Å². The Morgan fingerprint density at radius 2 is 2.00 bits per heavy atom. The Kier molecular flexibility index (Phi) is 5.03. The lowest BCUT2D eigenvalue weighted by molar-refractivity contribution is -0.113. The van der Waals surface area contributed by atoms with Crippen molar-refractivity contribution >= 4 is 29.0 Å². The summed E-state index contributed by atoms with van der Waals surface area (Å²) in [4.78, 5) is 16.5. The van der Waals surface area contributed by atoms with Crippen LogP contribution in [-0.4, -0.2) is 36.5 Å². The van der Waals surface area contributed by atoms with Crippen LogP contribution in [0.3, 0.4) is 0 Å². The van der Waals surface area contributed by atoms with E-state index in [1.54, 1.807) is 16.9 Å². The molecule has 0 aliphatic rings. The maximum atomic E-state index is 12.4. The average Bonchev–Trinajstić information content (AvgIpc) is 3.14. The quantitative estimate of drug-likeness (QED) is 0.525. The van der Waals surface area contributed by atoms with Gasteiger partial charge in [-0.15, -0.1) is 10.2 Å². The number of benzene rings is 1. The SMILES string of the molecule is Cc1cccc(NC(=O)CSc2ccc3nnc(-c4cccnc4)n3n2)c1C. The van der Waals surface area contributed by atoms with Crippen molar-refractivity contribution in [2.45, 2.75) is 18.9 Å². The predicted molar refractivity (Wildman–Crippen MR) is 109 cm³/mol. The molecule has 4 rings (SSSR count). The van der Waals surface area contributed by atoms with Gasteiger partial charge in [-0.2, -0.15) is 9.61 Å². The highest BCUT2D eigenvalue weighted by molar-refractivity contribution is 7.99. The summed E-state index contributed by atoms with van der Waals surface area (Å²) in [6, 6.07) is 13.3. The van der Waals surface area contributed by atoms with Crippen molar-refractivity contribution < 1.29 is 4.79 Å². The summed E-state index contributed by atoms with van der Waals surface area (Å²) >= 11 is 1.36. The van der Waals surface area contributed by atoms with Gasteiger partial charge in [0.1, 0.15) is 5.03 Å². The van der Waals surface area contributed by atoms with Gasteiger partial charge in [-0.05, 0) is 55.3 Å². The van der Waals surface area contributed by atoms with Crippen LogP contribution in [0.15, 0.2) is 59.9 Å². The molecule has 0 aliphatic heterocycles. The fourth-order valence-electron chi connectivity index (χ4n) is 2.74. The van der Waals surface area contributed by atoms with E-state index in [1.165, 1.54) is 11.8 Å². The summed E-state index contributed by atoms with van der Waals surface area (Å²) in [6.07, 6.45) is 3.42. The van der Waals surface area contributed by atoms with Crippen LogP contribution in [0, 0.1) is 13.8 Å². The molecule has 3 aromatic heterocycles. The zero-order valence-corrected chi connectivity index (χ0v) is 16.3. The second-order valence-electron chi connectivity index (χ2n) is 6.29. The van der Waals surface area contributed by atoms with Crippen molar-refractivity contribution in [3.63, 3.8) is 0 Å². The maximum Gasteiger partial charge on any atom is 0.234 e. The molecule has 28 heavy (non-hydrogen) atoms. The van der Waals surface area contributed by atoms with E-state index >= 15 is 0 Å². The molecule has 0 aliphatic carbocycles. The summed E-state index contributed by atoms with van der Waals surface area (Å²) in [5.41, 5.74) is 4.53. The van der Waals surface area contributed by atoms with Crippen LogP contribution in [0.25, 0.3) is 17.0 Å². The van der Waals surface area contributed by atoms with Gasteiger partial charge in [-0.25, -0.2) is 0 Å². The number of pyridine rings is 1. The predicted octanol–water partition coefficient (Wildman–Crippen LogP) is 3.53. The van der Waals surface area contributed by atoms with Gasteiger partial charge in [0.25, 0.3) is 0 Å². The number of amides is 1. The summed E-state index contributed by atoms with van der Waals surface area (Å²) in [5, 5.41) is 16.6. The minimum atomic E-state index is -0.0724. The number of nitrogens with zero attached hydrogens (tertiary/aromatic N) is 5. The summed E-state index contributed by atoms with van der Waals surface area (Å²) < 4.78 is 1.67. The van der Waals surface area contributed by atoms with Gasteiger partial charge in [0, 0.05) is 23.6 Å². The second-order valence-corrected chi connectivity index (χ2v) is 7.29. The molecular formula is C20H18N6OS. The van der Waals surface area contributed by atoms with Crippen LogP contribution < -0.4 is 5.32 Å². The molecule has 0 spiro atoms. The van der Waals surface area contributed by atoms with Crippen molar-refractivity contribution in [1.82, 2.24) is 24.8 Å². The van der Waals surface area contributed by atoms with Gasteiger partial charge in [0.05, 0.1) is 5.75 Å². The third-order valence-corrected chi connectivity index (χ3v) is 5.31. The first-order valence-corrected chi connectivity index (χ1v) is 9.72. The number of rotatable bonds is 5. The number of hydrogen-bond donors (Lipinski definition) is 1. The highest BCUT2D eigenvalue weighted by Gasteiger charge is 2.12. The minimum Gasteiger partial charge on any atom is -0.325 e. The number of carbonyl (C=O) groups is 1. The van der Waals surface area contributed by atoms with Gasteiger partial charge in [-0.1, -0.05) is 23.9 Å². The number of aromatic nitrogens is 5. The summed E-state index contributed by atoms with van der Waals surface area (Å²) in [5.74, 6) is 0.804. The largest absolute Gasteiger partial charge is 0.325 e. The maximum absolute atomic E-state index is 12.4. The number of nitrogens with one attached hydrogen (secondary N) is 1. The zero-order chi connectivity index (χ0) is 19.5. The van der Waals surface area contributed by atoms with E-state index in [0.717, 1.165) is 22.4 Å². The Hall–Kier alpha value is -3.26. The van der Waals surface area contributed by atoms with Crippen molar-refractivity contribution in [2.24, 2.45) is 0 Å². The molecule has 0 fully saturated rings. The molecule has 140 valence electrons. The Balaban J connectivity index is 1.49. The Morgan fingerprint density at radius 1 is 1.11 bits per heavy atom. The molecule has 7 nitrogen and oxygen atoms in total. The van der Waals surface area contributed by atoms with Crippen molar-refractivity contribution in [2.75, 3.05) is 11.1 Å². The third kappa shape index (κ3) is 3.72. The van der Waals surface area contributed by atoms with Crippen LogP contribution in [-0.2, 0) is 4.79 Å². The van der Waals surface area contributed by atoms with E-state index in [4.69, 9.17) is 0 Å². The zero-order valence-electron chi connectivity index (χ0n) is 15.5. The molecule has 1 amide bonds. The monoisotopic (exact) mass is 390 g/mol. The Bertz CT molecular complexity index is 1140. The van der Waals surface area contributed by atoms with Crippen molar-refractivity contribution in [3.05, 3.63) is 66.0 Å². The molecule has 0 atom stereocenters. The molecule has 0 saturated heterocycles. The van der Waals surface area contributed by atoms with E-state index in [-0.39, 0.29) is 11.7 Å². The Labute approximate surface area is 166 Å². The standard InChI is InChI=1S/C20H18N6OS/c1-13-5-3-7-16(14(13)2)22-18(27)12-28-19-9-8-17-23-24-20(26(17)25-19)15-6-4-10-21-11-15/h3-11H,12H2,1-2H3,(H,22,27). The molecule has 1 N–H and O–H groups in total. The minimum absolute atomic E-state index is 0.0724. The van der Waals surface area contributed by atoms with Gasteiger partial charge in [-0.3, -0.25) is 9.78 Å². The topological polar surface area (TPSA) is 85.1 Å². The highest BCUT2D eigenvalue weighted by atomic mass is 32.2. The molecule has 1 aromatic carbocycles. The van der Waals surface area contributed by atoms with Crippen molar-refractivity contribution in [1.29, 1.82) is 0 Å². The highest BCUT2D eigenvalue weighted by Crippen LogP contribution is 2.21. The fourth-order valence-corrected chi connectivity index (χ4v) is 3.39. The molecule has 8 heteroatoms. The first kappa shape index (κ1) is 18.1. The molecule has 0 unspecified atom stereocenters. The molecular weight excluding hydrogens is 372 g/mol. The Morgan fingerprint density at radius 3 is 2.82 bits per heavy atom. The lowest BCUT2D eigenvalue weighted by Gasteiger charge is -2.10. The van der Waals surface area contributed by atoms with Gasteiger partial charge in [0.15, 0.2) is 11.5 Å². The lowest BCUT2D eigenvalue weighted by Crippen LogP contribution is -2.15. The first-order chi connectivity index (χ1) is 13.6. The number of carbonyl (C=O) groups excluding carboxylic acids is 1. The number of hydrogen-bond acceptors (Lipinski definition) is 6. The number of thioether (sulfide) groups is 1. The van der Waals surface area contributed by atoms with Gasteiger partial charge < -0.3 is 5.32 Å². The van der Waals surface area contributed by atoms with Crippen LogP contribution in [0.2, 0.25) is 0 Å². The third-order valence-electron chi connectivity index (χ3n) is 4.39. The normalized spacial score (nSPS) is 10.9. The number of anilines is 1.